The number of carbonyl (C=O) groups excluding carboxylic acids is 1. The molecular formula is C24H21ClN4O2S. The lowest BCUT2D eigenvalue weighted by Crippen LogP contribution is -2.20. The monoisotopic (exact) mass is 464 g/mol. The average Bonchev–Trinajstić information content (AvgIpc) is 3.42. The summed E-state index contributed by atoms with van der Waals surface area (Å²) in [5, 5.41) is 5.47. The Balaban J connectivity index is 1.43. The van der Waals surface area contributed by atoms with Gasteiger partial charge in [-0.3, -0.25) is 4.79 Å². The van der Waals surface area contributed by atoms with Crippen LogP contribution in [0.5, 0.6) is 0 Å². The Kier molecular flexibility index (Phi) is 7.09. The number of furan rings is 1. The van der Waals surface area contributed by atoms with Crippen molar-refractivity contribution in [3.63, 3.8) is 0 Å². The molecule has 2 aromatic carbocycles. The minimum Gasteiger partial charge on any atom is -0.465 e. The molecule has 0 unspecified atom stereocenters. The Morgan fingerprint density at radius 2 is 2.00 bits per heavy atom. The molecule has 4 rings (SSSR count). The van der Waals surface area contributed by atoms with Gasteiger partial charge in [-0.25, -0.2) is 10.4 Å². The van der Waals surface area contributed by atoms with Gasteiger partial charge in [0, 0.05) is 5.02 Å². The van der Waals surface area contributed by atoms with E-state index in [4.69, 9.17) is 21.0 Å². The smallest absolute Gasteiger partial charge is 0.250 e. The maximum absolute atomic E-state index is 12.3. The van der Waals surface area contributed by atoms with Crippen molar-refractivity contribution >= 4 is 52.6 Å². The molecular weight excluding hydrogens is 444 g/mol. The van der Waals surface area contributed by atoms with Crippen molar-refractivity contribution in [3.8, 4) is 0 Å². The molecule has 0 atom stereocenters. The van der Waals surface area contributed by atoms with Crippen molar-refractivity contribution in [2.45, 2.75) is 18.6 Å². The maximum atomic E-state index is 12.3. The van der Waals surface area contributed by atoms with Crippen molar-refractivity contribution in [2.24, 2.45) is 5.10 Å². The van der Waals surface area contributed by atoms with Crippen LogP contribution in [0, 0.1) is 0 Å². The molecule has 6 nitrogen and oxygen atoms in total. The molecule has 0 aliphatic heterocycles. The van der Waals surface area contributed by atoms with Crippen LogP contribution in [0.25, 0.3) is 17.1 Å². The number of para-hydroxylation sites is 2. The van der Waals surface area contributed by atoms with Gasteiger partial charge in [0.25, 0.3) is 5.91 Å². The second-order valence-corrected chi connectivity index (χ2v) is 8.40. The van der Waals surface area contributed by atoms with Gasteiger partial charge in [0.05, 0.1) is 35.8 Å². The Bertz CT molecular complexity index is 1280. The van der Waals surface area contributed by atoms with Crippen LogP contribution >= 0.6 is 23.4 Å². The van der Waals surface area contributed by atoms with Crippen LogP contribution in [0.1, 0.15) is 18.2 Å². The first kappa shape index (κ1) is 21.9. The van der Waals surface area contributed by atoms with Crippen LogP contribution in [0.15, 0.2) is 87.2 Å². The number of carbonyl (C=O) groups is 1. The minimum atomic E-state index is -0.214. The van der Waals surface area contributed by atoms with Crippen LogP contribution in [0.3, 0.4) is 0 Å². The highest BCUT2D eigenvalue weighted by atomic mass is 35.5. The van der Waals surface area contributed by atoms with E-state index in [0.29, 0.717) is 11.6 Å². The van der Waals surface area contributed by atoms with Crippen LogP contribution in [0.2, 0.25) is 5.02 Å². The number of nitrogens with one attached hydrogen (secondary N) is 1. The van der Waals surface area contributed by atoms with E-state index in [-0.39, 0.29) is 11.7 Å². The number of hydrogen-bond donors (Lipinski definition) is 1. The number of aromatic nitrogens is 2. The summed E-state index contributed by atoms with van der Waals surface area (Å²) < 4.78 is 7.34. The van der Waals surface area contributed by atoms with E-state index in [0.717, 1.165) is 33.1 Å². The molecule has 8 heteroatoms. The second-order valence-electron chi connectivity index (χ2n) is 7.05. The number of imidazole rings is 1. The maximum Gasteiger partial charge on any atom is 0.250 e. The molecule has 0 fully saturated rings. The zero-order valence-electron chi connectivity index (χ0n) is 17.4. The van der Waals surface area contributed by atoms with E-state index in [1.165, 1.54) is 11.8 Å². The lowest BCUT2D eigenvalue weighted by Gasteiger charge is -2.10. The van der Waals surface area contributed by atoms with Gasteiger partial charge in [0.1, 0.15) is 5.76 Å². The number of hydrazone groups is 1. The summed E-state index contributed by atoms with van der Waals surface area (Å²) in [5.74, 6) is 0.700. The van der Waals surface area contributed by atoms with Crippen molar-refractivity contribution in [3.05, 3.63) is 88.8 Å². The summed E-state index contributed by atoms with van der Waals surface area (Å²) >= 11 is 7.73. The van der Waals surface area contributed by atoms with Gasteiger partial charge < -0.3 is 8.98 Å². The molecule has 0 aliphatic carbocycles. The Labute approximate surface area is 195 Å². The molecule has 0 bridgehead atoms. The lowest BCUT2D eigenvalue weighted by molar-refractivity contribution is -0.118. The average molecular weight is 465 g/mol. The van der Waals surface area contributed by atoms with Gasteiger partial charge in [0.2, 0.25) is 0 Å². The molecule has 0 spiro atoms. The third-order valence-electron chi connectivity index (χ3n) is 4.61. The fraction of sp³-hybridized carbons (Fsp3) is 0.125. The van der Waals surface area contributed by atoms with E-state index in [2.05, 4.69) is 15.1 Å². The van der Waals surface area contributed by atoms with Gasteiger partial charge in [0.15, 0.2) is 5.16 Å². The molecule has 1 amide bonds. The predicted molar refractivity (Wildman–Crippen MR) is 130 cm³/mol. The number of thioether (sulfide) groups is 1. The van der Waals surface area contributed by atoms with E-state index in [1.54, 1.807) is 12.5 Å². The number of allylic oxidation sites excluding steroid dienone is 1. The molecule has 0 saturated heterocycles. The molecule has 0 saturated carbocycles. The SMILES string of the molecule is CC(/C=N/NC(=O)CSc1nc2ccccc2n1Cc1ccccc1Cl)=C\c1ccco1. The van der Waals surface area contributed by atoms with Crippen LogP contribution < -0.4 is 5.43 Å². The Morgan fingerprint density at radius 3 is 2.81 bits per heavy atom. The van der Waals surface area contributed by atoms with Gasteiger partial charge in [-0.2, -0.15) is 5.10 Å². The van der Waals surface area contributed by atoms with Crippen LogP contribution in [-0.2, 0) is 11.3 Å². The van der Waals surface area contributed by atoms with E-state index in [9.17, 15) is 4.79 Å². The molecule has 2 heterocycles. The normalized spacial score (nSPS) is 12.0. The van der Waals surface area contributed by atoms with Gasteiger partial charge >= 0.3 is 0 Å². The number of amides is 1. The van der Waals surface area contributed by atoms with Crippen LogP contribution in [0.4, 0.5) is 0 Å². The highest BCUT2D eigenvalue weighted by Crippen LogP contribution is 2.27. The topological polar surface area (TPSA) is 72.4 Å². The summed E-state index contributed by atoms with van der Waals surface area (Å²) in [6, 6.07) is 19.3. The number of hydrogen-bond acceptors (Lipinski definition) is 5. The highest BCUT2D eigenvalue weighted by molar-refractivity contribution is 7.99. The van der Waals surface area contributed by atoms with Crippen molar-refractivity contribution < 1.29 is 9.21 Å². The standard InChI is InChI=1S/C24H21ClN4O2S/c1-17(13-19-8-6-12-31-19)14-26-28-23(30)16-32-24-27-21-10-4-5-11-22(21)29(24)15-18-7-2-3-9-20(18)25/h2-14H,15-16H2,1H3,(H,28,30)/b17-13+,26-14+. The first-order valence-corrected chi connectivity index (χ1v) is 11.3. The molecule has 2 aromatic heterocycles. The molecule has 32 heavy (non-hydrogen) atoms. The first-order valence-electron chi connectivity index (χ1n) is 9.95. The summed E-state index contributed by atoms with van der Waals surface area (Å²) in [4.78, 5) is 17.0. The summed E-state index contributed by atoms with van der Waals surface area (Å²) in [6.45, 7) is 2.45. The van der Waals surface area contributed by atoms with Gasteiger partial charge in [-0.15, -0.1) is 0 Å². The fourth-order valence-corrected chi connectivity index (χ4v) is 4.12. The zero-order chi connectivity index (χ0) is 22.3. The molecule has 162 valence electrons. The molecule has 0 radical (unpaired) electrons. The van der Waals surface area contributed by atoms with Gasteiger partial charge in [-0.05, 0) is 54.5 Å². The third-order valence-corrected chi connectivity index (χ3v) is 5.95. The van der Waals surface area contributed by atoms with E-state index < -0.39 is 0 Å². The lowest BCUT2D eigenvalue weighted by atomic mass is 10.2. The molecule has 0 aliphatic rings. The summed E-state index contributed by atoms with van der Waals surface area (Å²) in [6.07, 6.45) is 5.02. The summed E-state index contributed by atoms with van der Waals surface area (Å²) in [5.41, 5.74) is 6.27. The summed E-state index contributed by atoms with van der Waals surface area (Å²) in [7, 11) is 0. The minimum absolute atomic E-state index is 0.185. The Morgan fingerprint density at radius 1 is 1.19 bits per heavy atom. The van der Waals surface area contributed by atoms with E-state index >= 15 is 0 Å². The quantitative estimate of drug-likeness (QED) is 0.208. The van der Waals surface area contributed by atoms with Crippen LogP contribution in [-0.4, -0.2) is 27.4 Å². The number of rotatable bonds is 8. The van der Waals surface area contributed by atoms with Crippen molar-refractivity contribution in [2.75, 3.05) is 5.75 Å². The van der Waals surface area contributed by atoms with Crippen molar-refractivity contribution in [1.82, 2.24) is 15.0 Å². The highest BCUT2D eigenvalue weighted by Gasteiger charge is 2.14. The fourth-order valence-electron chi connectivity index (χ4n) is 3.12. The van der Waals surface area contributed by atoms with Gasteiger partial charge in [-0.1, -0.05) is 53.7 Å². The molecule has 4 aromatic rings. The molecule has 1 N–H and O–H groups in total. The number of nitrogens with zero attached hydrogens (tertiary/aromatic N) is 3. The third kappa shape index (κ3) is 5.49. The second kappa shape index (κ2) is 10.3. The number of fused-ring (bicyclic) bond motifs is 1. The predicted octanol–water partition coefficient (Wildman–Crippen LogP) is 5.63. The van der Waals surface area contributed by atoms with E-state index in [1.807, 2.05) is 73.7 Å². The number of halogens is 1. The zero-order valence-corrected chi connectivity index (χ0v) is 18.9. The first-order chi connectivity index (χ1) is 15.6. The number of benzene rings is 2. The van der Waals surface area contributed by atoms with Crippen molar-refractivity contribution in [1.29, 1.82) is 0 Å². The Hall–Kier alpha value is -3.29. The largest absolute Gasteiger partial charge is 0.465 e.